The third-order valence-corrected chi connectivity index (χ3v) is 3.83. The highest BCUT2D eigenvalue weighted by molar-refractivity contribution is 5.93. The maximum absolute atomic E-state index is 12.1. The average Bonchev–Trinajstić information content (AvgIpc) is 3.05. The van der Waals surface area contributed by atoms with Gasteiger partial charge in [0, 0.05) is 23.9 Å². The standard InChI is InChI=1S/C19H22N4O2/c1-4-10-20-19(24)17-12-18-21-16(11-13(3)23(18)22-17)14-6-8-15(9-7-14)25-5-2/h6-9,11-12H,4-5,10H2,1-3H3,(H,20,24). The van der Waals surface area contributed by atoms with Crippen LogP contribution in [0.1, 0.15) is 36.5 Å². The summed E-state index contributed by atoms with van der Waals surface area (Å²) in [6.45, 7) is 7.20. The summed E-state index contributed by atoms with van der Waals surface area (Å²) in [4.78, 5) is 16.8. The molecule has 0 saturated heterocycles. The van der Waals surface area contributed by atoms with Crippen LogP contribution in [-0.4, -0.2) is 33.7 Å². The molecule has 6 heteroatoms. The van der Waals surface area contributed by atoms with Gasteiger partial charge in [0.1, 0.15) is 5.75 Å². The van der Waals surface area contributed by atoms with Gasteiger partial charge < -0.3 is 10.1 Å². The summed E-state index contributed by atoms with van der Waals surface area (Å²) in [7, 11) is 0. The van der Waals surface area contributed by atoms with Crippen LogP contribution < -0.4 is 10.1 Å². The molecule has 25 heavy (non-hydrogen) atoms. The van der Waals surface area contributed by atoms with Gasteiger partial charge in [-0.3, -0.25) is 4.79 Å². The molecule has 0 saturated carbocycles. The number of rotatable bonds is 6. The third-order valence-electron chi connectivity index (χ3n) is 3.83. The minimum absolute atomic E-state index is 0.172. The summed E-state index contributed by atoms with van der Waals surface area (Å²) >= 11 is 0. The molecule has 0 aliphatic rings. The second-order valence-corrected chi connectivity index (χ2v) is 5.80. The number of aryl methyl sites for hydroxylation is 1. The number of amides is 1. The number of nitrogens with zero attached hydrogens (tertiary/aromatic N) is 3. The fourth-order valence-corrected chi connectivity index (χ4v) is 2.60. The van der Waals surface area contributed by atoms with Crippen molar-refractivity contribution in [1.29, 1.82) is 0 Å². The Bertz CT molecular complexity index is 884. The summed E-state index contributed by atoms with van der Waals surface area (Å²) < 4.78 is 7.17. The lowest BCUT2D eigenvalue weighted by molar-refractivity contribution is 0.0948. The highest BCUT2D eigenvalue weighted by atomic mass is 16.5. The lowest BCUT2D eigenvalue weighted by Gasteiger charge is -2.06. The zero-order valence-electron chi connectivity index (χ0n) is 14.7. The van der Waals surface area contributed by atoms with E-state index in [0.717, 1.165) is 29.1 Å². The number of nitrogens with one attached hydrogen (secondary N) is 1. The lowest BCUT2D eigenvalue weighted by Crippen LogP contribution is -2.24. The first kappa shape index (κ1) is 17.0. The maximum atomic E-state index is 12.1. The first-order valence-corrected chi connectivity index (χ1v) is 8.51. The molecule has 0 radical (unpaired) electrons. The van der Waals surface area contributed by atoms with E-state index in [2.05, 4.69) is 15.4 Å². The quantitative estimate of drug-likeness (QED) is 0.749. The Balaban J connectivity index is 1.94. The van der Waals surface area contributed by atoms with Gasteiger partial charge in [0.05, 0.1) is 12.3 Å². The molecule has 0 aliphatic carbocycles. The lowest BCUT2D eigenvalue weighted by atomic mass is 10.1. The van der Waals surface area contributed by atoms with Crippen LogP contribution in [0, 0.1) is 6.92 Å². The molecule has 2 aromatic heterocycles. The SMILES string of the molecule is CCCNC(=O)c1cc2nc(-c3ccc(OCC)cc3)cc(C)n2n1. The monoisotopic (exact) mass is 338 g/mol. The molecule has 130 valence electrons. The Hall–Kier alpha value is -2.89. The van der Waals surface area contributed by atoms with Crippen molar-refractivity contribution in [3.63, 3.8) is 0 Å². The molecule has 1 aromatic carbocycles. The Kier molecular flexibility index (Phi) is 4.97. The Morgan fingerprint density at radius 1 is 1.20 bits per heavy atom. The number of carbonyl (C=O) groups excluding carboxylic acids is 1. The highest BCUT2D eigenvalue weighted by Crippen LogP contribution is 2.23. The van der Waals surface area contributed by atoms with E-state index >= 15 is 0 Å². The molecule has 0 bridgehead atoms. The van der Waals surface area contributed by atoms with Crippen molar-refractivity contribution < 1.29 is 9.53 Å². The molecule has 1 amide bonds. The van der Waals surface area contributed by atoms with Crippen LogP contribution in [-0.2, 0) is 0 Å². The Labute approximate surface area is 146 Å². The minimum atomic E-state index is -0.172. The van der Waals surface area contributed by atoms with Gasteiger partial charge in [-0.1, -0.05) is 6.92 Å². The maximum Gasteiger partial charge on any atom is 0.271 e. The topological polar surface area (TPSA) is 68.5 Å². The summed E-state index contributed by atoms with van der Waals surface area (Å²) in [5.74, 6) is 0.664. The van der Waals surface area contributed by atoms with Gasteiger partial charge in [-0.05, 0) is 50.6 Å². The van der Waals surface area contributed by atoms with Crippen molar-refractivity contribution in [3.8, 4) is 17.0 Å². The normalized spacial score (nSPS) is 10.8. The molecule has 0 atom stereocenters. The zero-order valence-corrected chi connectivity index (χ0v) is 14.7. The summed E-state index contributed by atoms with van der Waals surface area (Å²) in [6.07, 6.45) is 0.887. The molecule has 0 spiro atoms. The second kappa shape index (κ2) is 7.34. The molecule has 0 fully saturated rings. The van der Waals surface area contributed by atoms with Crippen molar-refractivity contribution in [2.24, 2.45) is 0 Å². The van der Waals surface area contributed by atoms with E-state index < -0.39 is 0 Å². The number of benzene rings is 1. The number of hydrogen-bond donors (Lipinski definition) is 1. The van der Waals surface area contributed by atoms with Gasteiger partial charge in [-0.15, -0.1) is 0 Å². The van der Waals surface area contributed by atoms with Gasteiger partial charge in [0.15, 0.2) is 11.3 Å². The van der Waals surface area contributed by atoms with E-state index in [1.165, 1.54) is 0 Å². The number of fused-ring (bicyclic) bond motifs is 1. The van der Waals surface area contributed by atoms with Crippen LogP contribution >= 0.6 is 0 Å². The summed E-state index contributed by atoms with van der Waals surface area (Å²) in [5, 5.41) is 7.20. The van der Waals surface area contributed by atoms with Gasteiger partial charge >= 0.3 is 0 Å². The van der Waals surface area contributed by atoms with Crippen LogP contribution in [0.3, 0.4) is 0 Å². The number of ether oxygens (including phenoxy) is 1. The largest absolute Gasteiger partial charge is 0.494 e. The smallest absolute Gasteiger partial charge is 0.271 e. The van der Waals surface area contributed by atoms with Crippen LogP contribution in [0.15, 0.2) is 36.4 Å². The Morgan fingerprint density at radius 2 is 1.96 bits per heavy atom. The average molecular weight is 338 g/mol. The fourth-order valence-electron chi connectivity index (χ4n) is 2.60. The first-order valence-electron chi connectivity index (χ1n) is 8.51. The van der Waals surface area contributed by atoms with Gasteiger partial charge in [-0.2, -0.15) is 5.10 Å². The van der Waals surface area contributed by atoms with Crippen molar-refractivity contribution in [2.45, 2.75) is 27.2 Å². The van der Waals surface area contributed by atoms with E-state index in [1.807, 2.05) is 51.1 Å². The first-order chi connectivity index (χ1) is 12.1. The number of carbonyl (C=O) groups is 1. The van der Waals surface area contributed by atoms with E-state index in [9.17, 15) is 4.79 Å². The molecule has 0 aliphatic heterocycles. The van der Waals surface area contributed by atoms with Gasteiger partial charge in [-0.25, -0.2) is 9.50 Å². The second-order valence-electron chi connectivity index (χ2n) is 5.80. The number of hydrogen-bond acceptors (Lipinski definition) is 4. The van der Waals surface area contributed by atoms with Gasteiger partial charge in [0.2, 0.25) is 0 Å². The molecule has 6 nitrogen and oxygen atoms in total. The predicted octanol–water partition coefficient (Wildman–Crippen LogP) is 3.24. The predicted molar refractivity (Wildman–Crippen MR) is 97.0 cm³/mol. The van der Waals surface area contributed by atoms with Crippen LogP contribution in [0.2, 0.25) is 0 Å². The van der Waals surface area contributed by atoms with Crippen molar-refractivity contribution in [1.82, 2.24) is 19.9 Å². The van der Waals surface area contributed by atoms with Crippen LogP contribution in [0.5, 0.6) is 5.75 Å². The molecule has 1 N–H and O–H groups in total. The van der Waals surface area contributed by atoms with Crippen LogP contribution in [0.4, 0.5) is 0 Å². The molecule has 3 aromatic rings. The molecule has 3 rings (SSSR count). The third kappa shape index (κ3) is 3.63. The minimum Gasteiger partial charge on any atom is -0.494 e. The summed E-state index contributed by atoms with van der Waals surface area (Å²) in [6, 6.07) is 11.5. The van der Waals surface area contributed by atoms with Crippen molar-refractivity contribution in [3.05, 3.63) is 47.8 Å². The highest BCUT2D eigenvalue weighted by Gasteiger charge is 2.13. The molecule has 2 heterocycles. The van der Waals surface area contributed by atoms with E-state index in [-0.39, 0.29) is 5.91 Å². The number of aromatic nitrogens is 3. The molecule has 0 unspecified atom stereocenters. The molecular formula is C19H22N4O2. The molecular weight excluding hydrogens is 316 g/mol. The van der Waals surface area contributed by atoms with Crippen molar-refractivity contribution >= 4 is 11.6 Å². The van der Waals surface area contributed by atoms with Gasteiger partial charge in [0.25, 0.3) is 5.91 Å². The fraction of sp³-hybridized carbons (Fsp3) is 0.316. The van der Waals surface area contributed by atoms with E-state index in [4.69, 9.17) is 4.74 Å². The van der Waals surface area contributed by atoms with E-state index in [0.29, 0.717) is 24.5 Å². The van der Waals surface area contributed by atoms with Crippen LogP contribution in [0.25, 0.3) is 16.9 Å². The Morgan fingerprint density at radius 3 is 2.64 bits per heavy atom. The van der Waals surface area contributed by atoms with E-state index in [1.54, 1.807) is 10.6 Å². The summed E-state index contributed by atoms with van der Waals surface area (Å²) in [5.41, 5.74) is 3.79. The van der Waals surface area contributed by atoms with Crippen molar-refractivity contribution in [2.75, 3.05) is 13.2 Å². The zero-order chi connectivity index (χ0) is 17.8.